The van der Waals surface area contributed by atoms with Crippen LogP contribution in [0.25, 0.3) is 0 Å². The number of fused-ring (bicyclic) bond motifs is 1. The molecule has 0 aliphatic carbocycles. The third-order valence-electron chi connectivity index (χ3n) is 10.6. The molecule has 0 radical (unpaired) electrons. The second kappa shape index (κ2) is 17.2. The van der Waals surface area contributed by atoms with E-state index in [-0.39, 0.29) is 18.0 Å². The first-order chi connectivity index (χ1) is 23.3. The van der Waals surface area contributed by atoms with Crippen LogP contribution in [0.1, 0.15) is 75.6 Å². The summed E-state index contributed by atoms with van der Waals surface area (Å²) >= 11 is 0. The Hall–Kier alpha value is -3.63. The minimum Gasteiger partial charge on any atom is -0.351 e. The second-order valence-corrected chi connectivity index (χ2v) is 13.5. The number of rotatable bonds is 12. The van der Waals surface area contributed by atoms with Gasteiger partial charge in [-0.2, -0.15) is 0 Å². The summed E-state index contributed by atoms with van der Waals surface area (Å²) in [5.41, 5.74) is 5.66. The number of likely N-dealkylation sites (tertiary alicyclic amines) is 1. The molecule has 262 valence electrons. The molecule has 0 unspecified atom stereocenters. The molecule has 3 aliphatic heterocycles. The Bertz CT molecular complexity index is 1380. The Balaban J connectivity index is 1.18. The summed E-state index contributed by atoms with van der Waals surface area (Å²) in [6.45, 7) is 15.0. The SMILES string of the molecule is CCc1ccc(C[C@@H](NC(=O)ON2CCC(N3CCc4ccccc4NC3=O)CC2)C(=O)N2CCC(CN(CC)CC)CC2)cc1CC. The molecule has 2 aromatic rings. The molecule has 2 saturated heterocycles. The van der Waals surface area contributed by atoms with Gasteiger partial charge in [0.15, 0.2) is 0 Å². The topological polar surface area (TPSA) is 97.5 Å². The van der Waals surface area contributed by atoms with E-state index in [0.29, 0.717) is 57.9 Å². The van der Waals surface area contributed by atoms with Crippen molar-refractivity contribution in [3.05, 3.63) is 64.7 Å². The van der Waals surface area contributed by atoms with Gasteiger partial charge >= 0.3 is 12.1 Å². The Labute approximate surface area is 287 Å². The Morgan fingerprint density at radius 1 is 0.917 bits per heavy atom. The minimum absolute atomic E-state index is 0.0438. The van der Waals surface area contributed by atoms with Crippen LogP contribution in [0.3, 0.4) is 0 Å². The molecule has 1 atom stereocenters. The highest BCUT2D eigenvalue weighted by molar-refractivity contribution is 5.91. The van der Waals surface area contributed by atoms with Crippen LogP contribution < -0.4 is 10.6 Å². The fourth-order valence-electron chi connectivity index (χ4n) is 7.59. The quantitative estimate of drug-likeness (QED) is 0.312. The van der Waals surface area contributed by atoms with E-state index in [0.717, 1.165) is 68.6 Å². The molecular weight excluding hydrogens is 604 g/mol. The number of nitrogens with one attached hydrogen (secondary N) is 2. The van der Waals surface area contributed by atoms with E-state index in [9.17, 15) is 14.4 Å². The number of carbonyl (C=O) groups is 3. The zero-order chi connectivity index (χ0) is 34.0. The van der Waals surface area contributed by atoms with Crippen LogP contribution in [0.2, 0.25) is 0 Å². The summed E-state index contributed by atoms with van der Waals surface area (Å²) in [5, 5.41) is 7.69. The van der Waals surface area contributed by atoms with Crippen LogP contribution in [0, 0.1) is 5.92 Å². The number of para-hydroxylation sites is 1. The van der Waals surface area contributed by atoms with Crippen molar-refractivity contribution in [3.63, 3.8) is 0 Å². The lowest BCUT2D eigenvalue weighted by atomic mass is 9.94. The van der Waals surface area contributed by atoms with E-state index >= 15 is 0 Å². The standard InChI is InChI=1S/C38H56N6O4/c1-5-30-14-13-29(25-31(30)6-2)26-35(36(45)42-20-15-28(16-21-42)27-41(7-3)8-4)40-38(47)48-43-22-18-33(19-23-43)44-24-17-32-11-9-10-12-34(32)39-37(44)46/h9-14,25,28,33,35H,5-8,15-24,26-27H2,1-4H3,(H,39,46)(H,40,47)/t35-/m1/s1. The molecule has 3 aliphatic rings. The number of piperidine rings is 2. The first kappa shape index (κ1) is 35.7. The lowest BCUT2D eigenvalue weighted by molar-refractivity contribution is -0.137. The summed E-state index contributed by atoms with van der Waals surface area (Å²) < 4.78 is 0. The summed E-state index contributed by atoms with van der Waals surface area (Å²) in [6.07, 6.45) is 5.85. The second-order valence-electron chi connectivity index (χ2n) is 13.5. The van der Waals surface area contributed by atoms with Crippen molar-refractivity contribution in [2.45, 2.75) is 91.1 Å². The molecule has 0 saturated carbocycles. The van der Waals surface area contributed by atoms with Crippen molar-refractivity contribution >= 4 is 23.7 Å². The van der Waals surface area contributed by atoms with Gasteiger partial charge in [-0.05, 0) is 92.3 Å². The summed E-state index contributed by atoms with van der Waals surface area (Å²) in [7, 11) is 0. The van der Waals surface area contributed by atoms with Crippen molar-refractivity contribution < 1.29 is 19.2 Å². The lowest BCUT2D eigenvalue weighted by Gasteiger charge is -2.37. The maximum atomic E-state index is 14.0. The third-order valence-corrected chi connectivity index (χ3v) is 10.6. The van der Waals surface area contributed by atoms with Gasteiger partial charge in [-0.3, -0.25) is 4.79 Å². The average molecular weight is 661 g/mol. The van der Waals surface area contributed by atoms with Crippen molar-refractivity contribution in [2.75, 3.05) is 57.7 Å². The molecule has 0 spiro atoms. The predicted molar refractivity (Wildman–Crippen MR) is 190 cm³/mol. The summed E-state index contributed by atoms with van der Waals surface area (Å²) in [4.78, 5) is 52.5. The number of amides is 4. The number of hydrogen-bond donors (Lipinski definition) is 2. The number of urea groups is 1. The highest BCUT2D eigenvalue weighted by Gasteiger charge is 2.33. The van der Waals surface area contributed by atoms with E-state index in [1.807, 2.05) is 28.0 Å². The van der Waals surface area contributed by atoms with Gasteiger partial charge in [0.25, 0.3) is 0 Å². The van der Waals surface area contributed by atoms with Gasteiger partial charge in [0.2, 0.25) is 5.91 Å². The molecule has 3 heterocycles. The number of anilines is 1. The van der Waals surface area contributed by atoms with Crippen molar-refractivity contribution in [1.29, 1.82) is 0 Å². The lowest BCUT2D eigenvalue weighted by Crippen LogP contribution is -2.54. The normalized spacial score (nSPS) is 18.6. The summed E-state index contributed by atoms with van der Waals surface area (Å²) in [6, 6.07) is 13.7. The zero-order valence-electron chi connectivity index (χ0n) is 29.5. The zero-order valence-corrected chi connectivity index (χ0v) is 29.5. The first-order valence-corrected chi connectivity index (χ1v) is 18.3. The van der Waals surface area contributed by atoms with Gasteiger partial charge in [-0.25, -0.2) is 9.59 Å². The van der Waals surface area contributed by atoms with Gasteiger partial charge in [-0.1, -0.05) is 64.1 Å². The fraction of sp³-hybridized carbons (Fsp3) is 0.605. The smallest absolute Gasteiger partial charge is 0.351 e. The van der Waals surface area contributed by atoms with Crippen LogP contribution in [0.5, 0.6) is 0 Å². The van der Waals surface area contributed by atoms with Crippen molar-refractivity contribution in [2.24, 2.45) is 5.92 Å². The Morgan fingerprint density at radius 2 is 1.62 bits per heavy atom. The fourth-order valence-corrected chi connectivity index (χ4v) is 7.59. The van der Waals surface area contributed by atoms with Gasteiger partial charge in [0.05, 0.1) is 0 Å². The number of aryl methyl sites for hydroxylation is 2. The monoisotopic (exact) mass is 660 g/mol. The molecule has 2 fully saturated rings. The number of carbonyl (C=O) groups excluding carboxylic acids is 3. The van der Waals surface area contributed by atoms with Crippen LogP contribution >= 0.6 is 0 Å². The van der Waals surface area contributed by atoms with Gasteiger partial charge in [0, 0.05) is 57.4 Å². The maximum Gasteiger partial charge on any atom is 0.426 e. The van der Waals surface area contributed by atoms with Crippen LogP contribution in [-0.2, 0) is 35.3 Å². The van der Waals surface area contributed by atoms with Crippen LogP contribution in [0.15, 0.2) is 42.5 Å². The molecule has 2 N–H and O–H groups in total. The predicted octanol–water partition coefficient (Wildman–Crippen LogP) is 5.50. The third kappa shape index (κ3) is 9.08. The molecule has 2 aromatic carbocycles. The molecule has 5 rings (SSSR count). The van der Waals surface area contributed by atoms with Gasteiger partial charge in [-0.15, -0.1) is 5.06 Å². The maximum absolute atomic E-state index is 14.0. The van der Waals surface area contributed by atoms with Crippen molar-refractivity contribution in [3.8, 4) is 0 Å². The van der Waals surface area contributed by atoms with Gasteiger partial charge < -0.3 is 30.2 Å². The van der Waals surface area contributed by atoms with E-state index in [2.05, 4.69) is 67.5 Å². The van der Waals surface area contributed by atoms with E-state index in [1.54, 1.807) is 5.06 Å². The number of benzene rings is 2. The summed E-state index contributed by atoms with van der Waals surface area (Å²) in [5.74, 6) is 0.537. The minimum atomic E-state index is -0.714. The Morgan fingerprint density at radius 3 is 2.31 bits per heavy atom. The Kier molecular flexibility index (Phi) is 12.7. The molecule has 10 heteroatoms. The van der Waals surface area contributed by atoms with E-state index in [4.69, 9.17) is 4.84 Å². The first-order valence-electron chi connectivity index (χ1n) is 18.3. The highest BCUT2D eigenvalue weighted by Crippen LogP contribution is 2.25. The molecule has 0 aromatic heterocycles. The molecular formula is C38H56N6O4. The number of hydrogen-bond acceptors (Lipinski definition) is 6. The van der Waals surface area contributed by atoms with Crippen molar-refractivity contribution in [1.82, 2.24) is 25.1 Å². The molecule has 10 nitrogen and oxygen atoms in total. The van der Waals surface area contributed by atoms with E-state index in [1.165, 1.54) is 11.1 Å². The van der Waals surface area contributed by atoms with Crippen LogP contribution in [0.4, 0.5) is 15.3 Å². The molecule has 4 amide bonds. The molecule has 48 heavy (non-hydrogen) atoms. The van der Waals surface area contributed by atoms with Crippen LogP contribution in [-0.4, -0.2) is 102 Å². The number of nitrogens with zero attached hydrogens (tertiary/aromatic N) is 4. The highest BCUT2D eigenvalue weighted by atomic mass is 16.7. The number of hydroxylamine groups is 2. The molecule has 0 bridgehead atoms. The van der Waals surface area contributed by atoms with E-state index < -0.39 is 12.1 Å². The average Bonchev–Trinajstić information content (AvgIpc) is 3.28. The van der Waals surface area contributed by atoms with Gasteiger partial charge in [0.1, 0.15) is 6.04 Å². The largest absolute Gasteiger partial charge is 0.426 e.